The molecule has 9 rings (SSSR count). The van der Waals surface area contributed by atoms with Crippen molar-refractivity contribution in [1.82, 2.24) is 30.0 Å². The Bertz CT molecular complexity index is 2500. The van der Waals surface area contributed by atoms with Gasteiger partial charge in [0.15, 0.2) is 5.69 Å². The van der Waals surface area contributed by atoms with E-state index in [0.29, 0.717) is 72.2 Å². The Hall–Kier alpha value is -5.90. The normalized spacial score (nSPS) is 26.6. The lowest BCUT2D eigenvalue weighted by molar-refractivity contribution is -0.199. The summed E-state index contributed by atoms with van der Waals surface area (Å²) in [6, 6.07) is 8.64. The zero-order valence-electron chi connectivity index (χ0n) is 33.6. The first-order valence-corrected chi connectivity index (χ1v) is 20.5. The van der Waals surface area contributed by atoms with Crippen LogP contribution in [0, 0.1) is 45.7 Å². The number of piperazine rings is 1. The summed E-state index contributed by atoms with van der Waals surface area (Å²) in [6.07, 6.45) is 3.12. The van der Waals surface area contributed by atoms with Crippen molar-refractivity contribution in [3.05, 3.63) is 81.1 Å². The summed E-state index contributed by atoms with van der Waals surface area (Å²) in [4.78, 5) is 80.4. The quantitative estimate of drug-likeness (QED) is 0.277. The maximum absolute atomic E-state index is 15.5. The van der Waals surface area contributed by atoms with Crippen molar-refractivity contribution in [2.75, 3.05) is 31.1 Å². The number of nitrogens with one attached hydrogen (secondary N) is 1. The number of carbonyl (C=O) groups excluding carboxylic acids is 5. The Morgan fingerprint density at radius 2 is 1.65 bits per heavy atom. The molecule has 4 fully saturated rings. The summed E-state index contributed by atoms with van der Waals surface area (Å²) >= 11 is 6.27. The van der Waals surface area contributed by atoms with Gasteiger partial charge in [0.1, 0.15) is 35.5 Å². The number of rotatable bonds is 6. The summed E-state index contributed by atoms with van der Waals surface area (Å²) < 4.78 is 21.9. The number of halogens is 2. The molecule has 14 nitrogen and oxygen atoms in total. The number of hydrogen-bond donors (Lipinski definition) is 1. The highest BCUT2D eigenvalue weighted by Gasteiger charge is 2.67. The van der Waals surface area contributed by atoms with E-state index in [1.54, 1.807) is 24.4 Å². The molecule has 0 radical (unpaired) electrons. The molecule has 4 aliphatic heterocycles. The number of nitrogens with zero attached hydrogens (tertiary/aromatic N) is 7. The molecule has 1 atom stereocenters. The smallest absolute Gasteiger partial charge is 0.275 e. The topological polar surface area (TPSA) is 169 Å². The van der Waals surface area contributed by atoms with E-state index >= 15 is 4.39 Å². The second-order valence-corrected chi connectivity index (χ2v) is 18.1. The van der Waals surface area contributed by atoms with Crippen molar-refractivity contribution in [2.24, 2.45) is 16.7 Å². The van der Waals surface area contributed by atoms with Crippen LogP contribution in [0.3, 0.4) is 0 Å². The molecular formula is C44H42ClFN8O6. The SMILES string of the molecule is CC1(C)C(Oc2ccc(C#N)c(Cl)c2)C(C)(C)C1N1Cc2nc(C#CC3CC(N4CCN(c5cc6c(cc5F)C(=O)N(C5CCC(=O)NC5=O)C6=O)CC4)C3)cnc2C1=O. The average Bonchev–Trinajstić information content (AvgIpc) is 3.62. The Labute approximate surface area is 351 Å². The molecule has 60 heavy (non-hydrogen) atoms. The number of aromatic nitrogens is 2. The highest BCUT2D eigenvalue weighted by molar-refractivity contribution is 6.31. The van der Waals surface area contributed by atoms with Gasteiger partial charge in [0.05, 0.1) is 45.8 Å². The lowest BCUT2D eigenvalue weighted by Crippen LogP contribution is -2.74. The van der Waals surface area contributed by atoms with Gasteiger partial charge in [-0.3, -0.25) is 39.1 Å². The number of hydrogen-bond acceptors (Lipinski definition) is 11. The fraction of sp³-hybridized carbons (Fsp3) is 0.455. The van der Waals surface area contributed by atoms with Crippen LogP contribution in [0.15, 0.2) is 36.5 Å². The van der Waals surface area contributed by atoms with Crippen LogP contribution in [0.25, 0.3) is 0 Å². The molecule has 0 bridgehead atoms. The molecular weight excluding hydrogens is 791 g/mol. The van der Waals surface area contributed by atoms with Crippen molar-refractivity contribution in [3.8, 4) is 23.7 Å². The van der Waals surface area contributed by atoms with Crippen LogP contribution in [-0.2, 0) is 16.1 Å². The van der Waals surface area contributed by atoms with E-state index in [9.17, 15) is 29.2 Å². The van der Waals surface area contributed by atoms with Gasteiger partial charge in [-0.05, 0) is 49.4 Å². The molecule has 3 aromatic rings. The molecule has 2 saturated carbocycles. The minimum absolute atomic E-state index is 0.00577. The van der Waals surface area contributed by atoms with Crippen molar-refractivity contribution in [3.63, 3.8) is 0 Å². The Kier molecular flexibility index (Phi) is 9.48. The van der Waals surface area contributed by atoms with Crippen molar-refractivity contribution in [1.29, 1.82) is 5.26 Å². The first-order valence-electron chi connectivity index (χ1n) is 20.2. The first-order chi connectivity index (χ1) is 28.6. The molecule has 0 spiro atoms. The zero-order chi connectivity index (χ0) is 42.4. The number of piperidine rings is 1. The largest absolute Gasteiger partial charge is 0.489 e. The first kappa shape index (κ1) is 39.6. The van der Waals surface area contributed by atoms with Gasteiger partial charge in [0.2, 0.25) is 11.8 Å². The van der Waals surface area contributed by atoms with Crippen LogP contribution in [-0.4, -0.2) is 105 Å². The lowest BCUT2D eigenvalue weighted by Gasteiger charge is -2.65. The molecule has 2 aromatic carbocycles. The lowest BCUT2D eigenvalue weighted by atomic mass is 9.49. The predicted molar refractivity (Wildman–Crippen MR) is 214 cm³/mol. The van der Waals surface area contributed by atoms with Gasteiger partial charge in [-0.15, -0.1) is 0 Å². The number of anilines is 1. The predicted octanol–water partition coefficient (Wildman–Crippen LogP) is 4.33. The van der Waals surface area contributed by atoms with Crippen LogP contribution < -0.4 is 15.0 Å². The van der Waals surface area contributed by atoms with Crippen LogP contribution in [0.2, 0.25) is 5.02 Å². The zero-order valence-corrected chi connectivity index (χ0v) is 34.3. The maximum Gasteiger partial charge on any atom is 0.275 e. The molecule has 308 valence electrons. The average molecular weight is 833 g/mol. The van der Waals surface area contributed by atoms with E-state index in [1.165, 1.54) is 6.07 Å². The molecule has 1 aromatic heterocycles. The molecule has 1 unspecified atom stereocenters. The number of nitriles is 1. The molecule has 6 aliphatic rings. The second-order valence-electron chi connectivity index (χ2n) is 17.7. The van der Waals surface area contributed by atoms with E-state index in [4.69, 9.17) is 21.3 Å². The number of imide groups is 2. The number of fused-ring (bicyclic) bond motifs is 2. The third-order valence-electron chi connectivity index (χ3n) is 13.2. The molecule has 2 saturated heterocycles. The van der Waals surface area contributed by atoms with Crippen molar-refractivity contribution >= 4 is 46.8 Å². The Morgan fingerprint density at radius 1 is 0.950 bits per heavy atom. The molecule has 16 heteroatoms. The van der Waals surface area contributed by atoms with E-state index in [0.717, 1.165) is 23.8 Å². The summed E-state index contributed by atoms with van der Waals surface area (Å²) in [6.45, 7) is 11.1. The van der Waals surface area contributed by atoms with Crippen LogP contribution in [0.5, 0.6) is 5.75 Å². The summed E-state index contributed by atoms with van der Waals surface area (Å²) in [5.74, 6) is 3.93. The van der Waals surface area contributed by atoms with E-state index in [1.807, 2.05) is 9.80 Å². The van der Waals surface area contributed by atoms with Gasteiger partial charge in [-0.25, -0.2) is 14.4 Å². The van der Waals surface area contributed by atoms with Gasteiger partial charge in [-0.1, -0.05) is 45.2 Å². The standard InChI is InChI=1S/C44H42ClFN8O6/c1-43(2)41(44(3,4)42(43)60-27-8-6-24(20-47)30(45)17-27)53-22-32-36(40(53)59)48-21-25(49-32)7-5-23-15-26(16-23)51-11-13-52(14-12-51)34-19-29-28(18-31(34)46)38(57)54(39(29)58)33-9-10-35(55)50-37(33)56/h6,8,17-19,21,23,26,33,41-42H,9-16,22H2,1-4H3,(H,50,55,56). The van der Waals surface area contributed by atoms with Gasteiger partial charge in [-0.2, -0.15) is 5.26 Å². The van der Waals surface area contributed by atoms with Gasteiger partial charge < -0.3 is 14.5 Å². The highest BCUT2D eigenvalue weighted by Crippen LogP contribution is 2.59. The Morgan fingerprint density at radius 3 is 2.32 bits per heavy atom. The number of amides is 5. The minimum Gasteiger partial charge on any atom is -0.489 e. The van der Waals surface area contributed by atoms with Crippen LogP contribution >= 0.6 is 11.6 Å². The fourth-order valence-corrected chi connectivity index (χ4v) is 10.8. The third kappa shape index (κ3) is 6.37. The van der Waals surface area contributed by atoms with E-state index in [-0.39, 0.29) is 53.6 Å². The van der Waals surface area contributed by atoms with E-state index in [2.05, 4.69) is 60.8 Å². The maximum atomic E-state index is 15.5. The Balaban J connectivity index is 0.785. The van der Waals surface area contributed by atoms with Gasteiger partial charge >= 0.3 is 0 Å². The minimum atomic E-state index is -1.11. The van der Waals surface area contributed by atoms with Crippen molar-refractivity contribution in [2.45, 2.75) is 84.2 Å². The molecule has 2 aliphatic carbocycles. The summed E-state index contributed by atoms with van der Waals surface area (Å²) in [7, 11) is 0. The fourth-order valence-electron chi connectivity index (χ4n) is 10.6. The van der Waals surface area contributed by atoms with Gasteiger partial charge in [0, 0.05) is 67.5 Å². The van der Waals surface area contributed by atoms with E-state index < -0.39 is 46.3 Å². The van der Waals surface area contributed by atoms with Gasteiger partial charge in [0.25, 0.3) is 17.7 Å². The molecule has 1 N–H and O–H groups in total. The van der Waals surface area contributed by atoms with Crippen LogP contribution in [0.1, 0.15) is 102 Å². The van der Waals surface area contributed by atoms with Crippen molar-refractivity contribution < 1.29 is 33.1 Å². The van der Waals surface area contributed by atoms with Crippen LogP contribution in [0.4, 0.5) is 10.1 Å². The molecule has 5 heterocycles. The third-order valence-corrected chi connectivity index (χ3v) is 13.5. The summed E-state index contributed by atoms with van der Waals surface area (Å²) in [5, 5.41) is 11.7. The monoisotopic (exact) mass is 832 g/mol. The summed E-state index contributed by atoms with van der Waals surface area (Å²) in [5.41, 5.74) is 1.22. The number of benzene rings is 2. The molecule has 5 amide bonds. The second kappa shape index (κ2) is 14.4. The highest BCUT2D eigenvalue weighted by atomic mass is 35.5. The number of carbonyl (C=O) groups is 5. The number of ether oxygens (including phenoxy) is 1.